The topological polar surface area (TPSA) is 97.3 Å². The van der Waals surface area contributed by atoms with Crippen molar-refractivity contribution in [2.24, 2.45) is 0 Å². The van der Waals surface area contributed by atoms with Crippen LogP contribution in [0.25, 0.3) is 11.2 Å². The van der Waals surface area contributed by atoms with Crippen molar-refractivity contribution >= 4 is 17.0 Å². The third kappa shape index (κ3) is 1.42. The maximum Gasteiger partial charge on any atom is 0.200 e. The van der Waals surface area contributed by atoms with Crippen LogP contribution >= 0.6 is 0 Å². The van der Waals surface area contributed by atoms with Crippen molar-refractivity contribution in [2.75, 3.05) is 26.1 Å². The van der Waals surface area contributed by atoms with E-state index >= 15 is 0 Å². The molecule has 0 saturated carbocycles. The Labute approximate surface area is 121 Å². The van der Waals surface area contributed by atoms with Gasteiger partial charge in [-0.15, -0.1) is 0 Å². The van der Waals surface area contributed by atoms with Gasteiger partial charge >= 0.3 is 0 Å². The van der Waals surface area contributed by atoms with Gasteiger partial charge in [-0.05, 0) is 6.42 Å². The second-order valence-electron chi connectivity index (χ2n) is 5.50. The van der Waals surface area contributed by atoms with Gasteiger partial charge in [-0.1, -0.05) is 6.92 Å². The largest absolute Gasteiger partial charge is 0.382 e. The van der Waals surface area contributed by atoms with Crippen LogP contribution in [0.15, 0.2) is 12.7 Å². The lowest BCUT2D eigenvalue weighted by molar-refractivity contribution is -0.166. The van der Waals surface area contributed by atoms with Gasteiger partial charge < -0.3 is 19.9 Å². The summed E-state index contributed by atoms with van der Waals surface area (Å²) in [7, 11) is 1.68. The molecule has 2 fully saturated rings. The number of imidazole rings is 1. The normalized spacial score (nSPS) is 34.9. The van der Waals surface area contributed by atoms with E-state index in [0.29, 0.717) is 30.2 Å². The summed E-state index contributed by atoms with van der Waals surface area (Å²) < 4.78 is 19.7. The summed E-state index contributed by atoms with van der Waals surface area (Å²) in [5.41, 5.74) is 5.88. The predicted octanol–water partition coefficient (Wildman–Crippen LogP) is 0.285. The molecule has 0 unspecified atom stereocenters. The fourth-order valence-corrected chi connectivity index (χ4v) is 3.48. The van der Waals surface area contributed by atoms with E-state index in [2.05, 4.69) is 21.9 Å². The van der Waals surface area contributed by atoms with Gasteiger partial charge in [0, 0.05) is 7.11 Å². The van der Waals surface area contributed by atoms with E-state index in [1.54, 1.807) is 13.4 Å². The second-order valence-corrected chi connectivity index (χ2v) is 5.50. The van der Waals surface area contributed by atoms with Gasteiger partial charge in [-0.25, -0.2) is 15.0 Å². The summed E-state index contributed by atoms with van der Waals surface area (Å²) in [6.07, 6.45) is 3.69. The molecule has 112 valence electrons. The molecule has 4 rings (SSSR count). The first kappa shape index (κ1) is 12.9. The molecule has 0 amide bonds. The zero-order valence-corrected chi connectivity index (χ0v) is 11.9. The van der Waals surface area contributed by atoms with Crippen LogP contribution in [0.3, 0.4) is 0 Å². The Morgan fingerprint density at radius 1 is 1.38 bits per heavy atom. The smallest absolute Gasteiger partial charge is 0.200 e. The molecule has 2 saturated heterocycles. The number of nitrogens with zero attached hydrogens (tertiary/aromatic N) is 4. The highest BCUT2D eigenvalue weighted by molar-refractivity contribution is 5.81. The first-order chi connectivity index (χ1) is 10.2. The van der Waals surface area contributed by atoms with Crippen LogP contribution in [0, 0.1) is 0 Å². The van der Waals surface area contributed by atoms with E-state index in [1.807, 2.05) is 4.57 Å². The van der Waals surface area contributed by atoms with Crippen molar-refractivity contribution in [1.82, 2.24) is 19.5 Å². The van der Waals surface area contributed by atoms with Crippen LogP contribution in [-0.4, -0.2) is 51.5 Å². The maximum absolute atomic E-state index is 6.10. The lowest BCUT2D eigenvalue weighted by atomic mass is 9.93. The monoisotopic (exact) mass is 291 g/mol. The molecule has 4 heterocycles. The third-order valence-electron chi connectivity index (χ3n) is 4.62. The molecule has 8 nitrogen and oxygen atoms in total. The maximum atomic E-state index is 6.10. The van der Waals surface area contributed by atoms with Gasteiger partial charge in [-0.2, -0.15) is 0 Å². The molecule has 2 aromatic heterocycles. The fourth-order valence-electron chi connectivity index (χ4n) is 3.48. The van der Waals surface area contributed by atoms with Crippen LogP contribution in [0.2, 0.25) is 0 Å². The summed E-state index contributed by atoms with van der Waals surface area (Å²) in [6, 6.07) is 0. The Morgan fingerprint density at radius 2 is 2.24 bits per heavy atom. The minimum atomic E-state index is -0.750. The predicted molar refractivity (Wildman–Crippen MR) is 73.4 cm³/mol. The number of anilines is 1. The Kier molecular flexibility index (Phi) is 2.54. The molecule has 2 bridgehead atoms. The summed E-state index contributed by atoms with van der Waals surface area (Å²) >= 11 is 0. The molecular weight excluding hydrogens is 274 g/mol. The number of hydrogen-bond acceptors (Lipinski definition) is 7. The molecule has 21 heavy (non-hydrogen) atoms. The average Bonchev–Trinajstić information content (AvgIpc) is 3.16. The van der Waals surface area contributed by atoms with Gasteiger partial charge in [0.25, 0.3) is 0 Å². The first-order valence-electron chi connectivity index (χ1n) is 6.91. The van der Waals surface area contributed by atoms with Crippen molar-refractivity contribution in [3.63, 3.8) is 0 Å². The molecule has 0 aromatic carbocycles. The van der Waals surface area contributed by atoms with Crippen LogP contribution in [0.5, 0.6) is 0 Å². The van der Waals surface area contributed by atoms with E-state index < -0.39 is 11.3 Å². The molecule has 2 aromatic rings. The van der Waals surface area contributed by atoms with Crippen LogP contribution < -0.4 is 5.73 Å². The summed E-state index contributed by atoms with van der Waals surface area (Å²) in [5, 5.41) is 0. The van der Waals surface area contributed by atoms with Gasteiger partial charge in [-0.3, -0.25) is 4.57 Å². The van der Waals surface area contributed by atoms with Crippen molar-refractivity contribution in [2.45, 2.75) is 30.8 Å². The lowest BCUT2D eigenvalue weighted by Crippen LogP contribution is -2.46. The Bertz CT molecular complexity index is 692. The second kappa shape index (κ2) is 4.12. The lowest BCUT2D eigenvalue weighted by Gasteiger charge is -2.30. The van der Waals surface area contributed by atoms with E-state index in [4.69, 9.17) is 19.9 Å². The third-order valence-corrected chi connectivity index (χ3v) is 4.62. The number of aromatic nitrogens is 4. The zero-order valence-electron chi connectivity index (χ0n) is 11.9. The summed E-state index contributed by atoms with van der Waals surface area (Å²) in [5.74, 6) is 0.350. The van der Waals surface area contributed by atoms with Gasteiger partial charge in [0.2, 0.25) is 0 Å². The first-order valence-corrected chi connectivity index (χ1v) is 6.91. The highest BCUT2D eigenvalue weighted by atomic mass is 16.7. The van der Waals surface area contributed by atoms with Gasteiger partial charge in [0.05, 0.1) is 19.5 Å². The molecule has 3 atom stereocenters. The van der Waals surface area contributed by atoms with Crippen molar-refractivity contribution in [3.05, 3.63) is 12.7 Å². The summed E-state index contributed by atoms with van der Waals surface area (Å²) in [4.78, 5) is 12.6. The van der Waals surface area contributed by atoms with Gasteiger partial charge in [0.15, 0.2) is 17.2 Å². The van der Waals surface area contributed by atoms with Crippen molar-refractivity contribution in [3.8, 4) is 0 Å². The SMILES string of the molecule is CC[C@@]12CO[C@@](n3cnc4c(N)ncnc43)(CO1)[C@H]2OC. The molecule has 0 aliphatic carbocycles. The Hall–Kier alpha value is -1.77. The minimum Gasteiger partial charge on any atom is -0.382 e. The quantitative estimate of drug-likeness (QED) is 0.867. The Morgan fingerprint density at radius 3 is 2.90 bits per heavy atom. The standard InChI is InChI=1S/C13H17N5O3/c1-3-12-4-21-13(5-20-12,11(12)19-2)18-7-17-8-9(14)15-6-16-10(8)18/h6-7,11H,3-5H2,1-2H3,(H2,14,15,16)/t11-,12-,13-/m0/s1. The number of fused-ring (bicyclic) bond motifs is 3. The molecule has 0 radical (unpaired) electrons. The minimum absolute atomic E-state index is 0.219. The number of rotatable bonds is 3. The van der Waals surface area contributed by atoms with E-state index in [1.165, 1.54) is 6.33 Å². The molecule has 2 aliphatic heterocycles. The van der Waals surface area contributed by atoms with Crippen LogP contribution in [0.4, 0.5) is 5.82 Å². The molecule has 2 aliphatic rings. The molecule has 0 spiro atoms. The molecular formula is C13H17N5O3. The number of nitrogen functional groups attached to an aromatic ring is 1. The van der Waals surface area contributed by atoms with E-state index in [-0.39, 0.29) is 6.10 Å². The van der Waals surface area contributed by atoms with Crippen molar-refractivity contribution in [1.29, 1.82) is 0 Å². The highest BCUT2D eigenvalue weighted by Crippen LogP contribution is 2.50. The van der Waals surface area contributed by atoms with Crippen LogP contribution in [0.1, 0.15) is 13.3 Å². The fraction of sp³-hybridized carbons (Fsp3) is 0.615. The summed E-state index contributed by atoms with van der Waals surface area (Å²) in [6.45, 7) is 2.96. The zero-order chi connectivity index (χ0) is 14.7. The highest BCUT2D eigenvalue weighted by Gasteiger charge is 2.67. The number of hydrogen-bond donors (Lipinski definition) is 1. The number of ether oxygens (including phenoxy) is 3. The van der Waals surface area contributed by atoms with E-state index in [9.17, 15) is 0 Å². The van der Waals surface area contributed by atoms with Crippen LogP contribution in [-0.2, 0) is 19.9 Å². The molecule has 2 N–H and O–H groups in total. The van der Waals surface area contributed by atoms with E-state index in [0.717, 1.165) is 6.42 Å². The average molecular weight is 291 g/mol. The van der Waals surface area contributed by atoms with Crippen molar-refractivity contribution < 1.29 is 14.2 Å². The van der Waals surface area contributed by atoms with Gasteiger partial charge in [0.1, 0.15) is 23.5 Å². The molecule has 8 heteroatoms. The number of methoxy groups -OCH3 is 1. The Balaban J connectivity index is 1.91. The number of nitrogens with two attached hydrogens (primary N) is 1.